The first-order valence-electron chi connectivity index (χ1n) is 13.0. The summed E-state index contributed by atoms with van der Waals surface area (Å²) < 4.78 is 10.4. The van der Waals surface area contributed by atoms with Gasteiger partial charge < -0.3 is 25.6 Å². The number of rotatable bonds is 2. The molecule has 11 heteroatoms. The standard InChI is InChI=1S/C27H35N5O5S/c1-16-6-7-21-12-20(16)14-28-27(36)25(22-11-17(2)38-31-22)30-26(35)23(29-18(3)33)13-24(34)32-9-4-5-19(15-32)8-10-37-21/h6-7,11-12,19,23,25H,4-5,8-10,13-15H2,1-3H3,(H,28,36)(H,29,33)(H,30,35)/t19?,23-,25?/m0/s1. The van der Waals surface area contributed by atoms with Gasteiger partial charge in [0.15, 0.2) is 6.04 Å². The molecule has 1 saturated heterocycles. The van der Waals surface area contributed by atoms with E-state index >= 15 is 0 Å². The van der Waals surface area contributed by atoms with Crippen molar-refractivity contribution in [2.75, 3.05) is 19.7 Å². The van der Waals surface area contributed by atoms with Gasteiger partial charge in [0.1, 0.15) is 11.8 Å². The zero-order valence-corrected chi connectivity index (χ0v) is 22.9. The van der Waals surface area contributed by atoms with Gasteiger partial charge >= 0.3 is 0 Å². The van der Waals surface area contributed by atoms with Crippen LogP contribution in [0.15, 0.2) is 24.3 Å². The monoisotopic (exact) mass is 541 g/mol. The summed E-state index contributed by atoms with van der Waals surface area (Å²) in [5, 5.41) is 8.23. The number of nitrogens with one attached hydrogen (secondary N) is 3. The van der Waals surface area contributed by atoms with Crippen LogP contribution in [-0.2, 0) is 25.7 Å². The third kappa shape index (κ3) is 7.09. The number of aromatic nitrogens is 1. The Morgan fingerprint density at radius 1 is 1.16 bits per heavy atom. The van der Waals surface area contributed by atoms with Crippen LogP contribution in [0.1, 0.15) is 60.3 Å². The van der Waals surface area contributed by atoms with Crippen LogP contribution in [0.4, 0.5) is 0 Å². The summed E-state index contributed by atoms with van der Waals surface area (Å²) >= 11 is 1.23. The minimum absolute atomic E-state index is 0.192. The predicted molar refractivity (Wildman–Crippen MR) is 142 cm³/mol. The smallest absolute Gasteiger partial charge is 0.249 e. The lowest BCUT2D eigenvalue weighted by Crippen LogP contribution is -2.52. The molecule has 204 valence electrons. The molecule has 10 nitrogen and oxygen atoms in total. The number of carbonyl (C=O) groups excluding carboxylic acids is 4. The maximum atomic E-state index is 13.4. The Kier molecular flexibility index (Phi) is 8.98. The van der Waals surface area contributed by atoms with E-state index in [0.717, 1.165) is 41.0 Å². The summed E-state index contributed by atoms with van der Waals surface area (Å²) in [4.78, 5) is 54.5. The molecule has 0 radical (unpaired) electrons. The van der Waals surface area contributed by atoms with E-state index in [4.69, 9.17) is 4.74 Å². The van der Waals surface area contributed by atoms with Crippen molar-refractivity contribution in [1.29, 1.82) is 0 Å². The van der Waals surface area contributed by atoms with Crippen LogP contribution < -0.4 is 20.7 Å². The second-order valence-corrected chi connectivity index (χ2v) is 11.1. The quantitative estimate of drug-likeness (QED) is 0.534. The molecular formula is C27H35N5O5S. The van der Waals surface area contributed by atoms with Gasteiger partial charge in [0, 0.05) is 31.4 Å². The first-order chi connectivity index (χ1) is 18.2. The third-order valence-electron chi connectivity index (χ3n) is 7.00. The van der Waals surface area contributed by atoms with E-state index in [0.29, 0.717) is 31.3 Å². The van der Waals surface area contributed by atoms with Crippen molar-refractivity contribution < 1.29 is 23.9 Å². The fourth-order valence-electron chi connectivity index (χ4n) is 4.88. The van der Waals surface area contributed by atoms with E-state index in [-0.39, 0.29) is 18.9 Å². The number of carbonyl (C=O) groups is 4. The third-order valence-corrected chi connectivity index (χ3v) is 7.71. The molecule has 4 bridgehead atoms. The highest BCUT2D eigenvalue weighted by molar-refractivity contribution is 7.05. The Morgan fingerprint density at radius 3 is 2.71 bits per heavy atom. The van der Waals surface area contributed by atoms with Gasteiger partial charge in [-0.15, -0.1) is 0 Å². The molecule has 0 saturated carbocycles. The Hall–Kier alpha value is -3.47. The molecule has 3 N–H and O–H groups in total. The van der Waals surface area contributed by atoms with Crippen molar-refractivity contribution in [3.8, 4) is 5.75 Å². The van der Waals surface area contributed by atoms with Crippen molar-refractivity contribution in [1.82, 2.24) is 25.2 Å². The highest BCUT2D eigenvalue weighted by atomic mass is 32.1. The highest BCUT2D eigenvalue weighted by Gasteiger charge is 2.32. The molecule has 2 unspecified atom stereocenters. The molecule has 1 aromatic heterocycles. The van der Waals surface area contributed by atoms with Crippen LogP contribution in [0.5, 0.6) is 5.75 Å². The maximum absolute atomic E-state index is 13.4. The molecule has 4 rings (SSSR count). The van der Waals surface area contributed by atoms with Gasteiger partial charge in [0.25, 0.3) is 0 Å². The predicted octanol–water partition coefficient (Wildman–Crippen LogP) is 2.15. The second kappa shape index (κ2) is 12.4. The van der Waals surface area contributed by atoms with Crippen LogP contribution in [0.3, 0.4) is 0 Å². The van der Waals surface area contributed by atoms with Gasteiger partial charge in [-0.2, -0.15) is 4.37 Å². The molecule has 4 amide bonds. The Morgan fingerprint density at radius 2 is 1.97 bits per heavy atom. The zero-order valence-electron chi connectivity index (χ0n) is 22.0. The van der Waals surface area contributed by atoms with Gasteiger partial charge in [-0.05, 0) is 79.9 Å². The molecule has 1 aromatic carbocycles. The van der Waals surface area contributed by atoms with Gasteiger partial charge in [0.2, 0.25) is 23.6 Å². The van der Waals surface area contributed by atoms with Crippen molar-refractivity contribution in [3.63, 3.8) is 0 Å². The minimum Gasteiger partial charge on any atom is -0.494 e. The van der Waals surface area contributed by atoms with Crippen LogP contribution in [0, 0.1) is 19.8 Å². The van der Waals surface area contributed by atoms with E-state index in [1.807, 2.05) is 32.0 Å². The average Bonchev–Trinajstić information content (AvgIpc) is 3.31. The second-order valence-electron chi connectivity index (χ2n) is 10.1. The summed E-state index contributed by atoms with van der Waals surface area (Å²) in [7, 11) is 0. The van der Waals surface area contributed by atoms with E-state index in [9.17, 15) is 19.2 Å². The lowest BCUT2D eigenvalue weighted by Gasteiger charge is -2.34. The molecule has 2 aliphatic heterocycles. The molecule has 3 heterocycles. The lowest BCUT2D eigenvalue weighted by atomic mass is 9.94. The largest absolute Gasteiger partial charge is 0.494 e. The summed E-state index contributed by atoms with van der Waals surface area (Å²) in [5.41, 5.74) is 2.31. The minimum atomic E-state index is -1.11. The van der Waals surface area contributed by atoms with Crippen LogP contribution in [0.25, 0.3) is 0 Å². The van der Waals surface area contributed by atoms with Crippen LogP contribution >= 0.6 is 11.5 Å². The fraction of sp³-hybridized carbons (Fsp3) is 0.519. The fourth-order valence-corrected chi connectivity index (χ4v) is 5.46. The molecule has 3 atom stereocenters. The lowest BCUT2D eigenvalue weighted by molar-refractivity contribution is -0.138. The maximum Gasteiger partial charge on any atom is 0.249 e. The molecule has 2 aromatic rings. The number of hydrogen-bond acceptors (Lipinski definition) is 7. The van der Waals surface area contributed by atoms with Crippen LogP contribution in [-0.4, -0.2) is 58.6 Å². The molecule has 0 aliphatic carbocycles. The Bertz CT molecular complexity index is 1200. The SMILES string of the molecule is CC(=O)N[C@H]1CC(=O)N2CCCC(CCOc3ccc(C)c(c3)CNC(=O)C(c3cc(C)sn3)NC1=O)C2. The van der Waals surface area contributed by atoms with E-state index in [1.54, 1.807) is 11.0 Å². The molecule has 38 heavy (non-hydrogen) atoms. The van der Waals surface area contributed by atoms with Crippen LogP contribution in [0.2, 0.25) is 0 Å². The average molecular weight is 542 g/mol. The molecule has 0 spiro atoms. The Balaban J connectivity index is 1.64. The summed E-state index contributed by atoms with van der Waals surface area (Å²) in [6.45, 7) is 7.07. The van der Waals surface area contributed by atoms with Gasteiger partial charge in [0.05, 0.1) is 18.7 Å². The zero-order chi connectivity index (χ0) is 27.2. The van der Waals surface area contributed by atoms with Gasteiger partial charge in [-0.1, -0.05) is 6.07 Å². The first-order valence-corrected chi connectivity index (χ1v) is 13.8. The van der Waals surface area contributed by atoms with Crippen molar-refractivity contribution in [2.45, 2.75) is 65.1 Å². The topological polar surface area (TPSA) is 130 Å². The number of benzene rings is 1. The Labute approximate surface area is 226 Å². The molecular weight excluding hydrogens is 506 g/mol. The number of hydrogen-bond donors (Lipinski definition) is 3. The summed E-state index contributed by atoms with van der Waals surface area (Å²) in [6.07, 6.45) is 2.48. The molecule has 1 fully saturated rings. The summed E-state index contributed by atoms with van der Waals surface area (Å²) in [6, 6.07) is 5.33. The number of piperidine rings is 1. The van der Waals surface area contributed by atoms with Crippen molar-refractivity contribution >= 4 is 35.2 Å². The van der Waals surface area contributed by atoms with E-state index in [1.165, 1.54) is 18.5 Å². The number of fused-ring (bicyclic) bond motifs is 4. The van der Waals surface area contributed by atoms with E-state index < -0.39 is 29.8 Å². The molecule has 2 aliphatic rings. The number of ether oxygens (including phenoxy) is 1. The van der Waals surface area contributed by atoms with Gasteiger partial charge in [-0.25, -0.2) is 0 Å². The van der Waals surface area contributed by atoms with Gasteiger partial charge in [-0.3, -0.25) is 19.2 Å². The first kappa shape index (κ1) is 27.6. The van der Waals surface area contributed by atoms with Crippen molar-refractivity contribution in [3.05, 3.63) is 46.0 Å². The number of amides is 4. The number of aryl methyl sites for hydroxylation is 2. The van der Waals surface area contributed by atoms with E-state index in [2.05, 4.69) is 20.3 Å². The normalized spacial score (nSPS) is 23.4. The number of nitrogens with zero attached hydrogens (tertiary/aromatic N) is 2. The van der Waals surface area contributed by atoms with Crippen molar-refractivity contribution in [2.24, 2.45) is 5.92 Å². The summed E-state index contributed by atoms with van der Waals surface area (Å²) in [5.74, 6) is -0.680. The highest BCUT2D eigenvalue weighted by Crippen LogP contribution is 2.24.